The molecule has 1 atom stereocenters. The number of hydrogen-bond donors (Lipinski definition) is 1. The molecule has 5 nitrogen and oxygen atoms in total. The predicted molar refractivity (Wildman–Crippen MR) is 99.7 cm³/mol. The van der Waals surface area contributed by atoms with Crippen LogP contribution in [0.5, 0.6) is 0 Å². The summed E-state index contributed by atoms with van der Waals surface area (Å²) in [5.74, 6) is 1.25. The number of likely N-dealkylation sites (tertiary alicyclic amines) is 1. The number of nitrogens with one attached hydrogen (secondary N) is 1. The molecule has 0 amide bonds. The van der Waals surface area contributed by atoms with Gasteiger partial charge in [-0.3, -0.25) is 4.90 Å². The highest BCUT2D eigenvalue weighted by molar-refractivity contribution is 6.31. The molecule has 2 heterocycles. The van der Waals surface area contributed by atoms with Crippen molar-refractivity contribution in [3.63, 3.8) is 0 Å². The Balaban J connectivity index is 1.64. The largest absolute Gasteiger partial charge is 0.363 e. The van der Waals surface area contributed by atoms with E-state index in [1.165, 1.54) is 6.07 Å². The van der Waals surface area contributed by atoms with E-state index in [9.17, 15) is 4.39 Å². The van der Waals surface area contributed by atoms with E-state index in [0.29, 0.717) is 23.1 Å². The van der Waals surface area contributed by atoms with Gasteiger partial charge in [0.15, 0.2) is 0 Å². The first-order valence-electron chi connectivity index (χ1n) is 8.45. The Bertz CT molecular complexity index is 704. The van der Waals surface area contributed by atoms with Crippen LogP contribution in [-0.4, -0.2) is 48.1 Å². The SMILES string of the molecule is CN(C)c1ccnc(NC2CCCN(Cc3c(F)cccc3Cl)C2)n1. The number of piperidine rings is 1. The van der Waals surface area contributed by atoms with E-state index >= 15 is 0 Å². The Labute approximate surface area is 152 Å². The molecule has 3 rings (SSSR count). The summed E-state index contributed by atoms with van der Waals surface area (Å²) in [6.07, 6.45) is 3.83. The number of nitrogens with zero attached hydrogens (tertiary/aromatic N) is 4. The van der Waals surface area contributed by atoms with Gasteiger partial charge in [0.1, 0.15) is 11.6 Å². The summed E-state index contributed by atoms with van der Waals surface area (Å²) in [5, 5.41) is 3.89. The molecule has 1 aromatic carbocycles. The minimum Gasteiger partial charge on any atom is -0.363 e. The van der Waals surface area contributed by atoms with Crippen LogP contribution in [0.15, 0.2) is 30.5 Å². The molecule has 1 fully saturated rings. The van der Waals surface area contributed by atoms with Gasteiger partial charge in [-0.2, -0.15) is 4.98 Å². The normalized spacial score (nSPS) is 18.2. The van der Waals surface area contributed by atoms with Crippen molar-refractivity contribution in [1.29, 1.82) is 0 Å². The second kappa shape index (κ2) is 7.97. The number of rotatable bonds is 5. The van der Waals surface area contributed by atoms with Crippen molar-refractivity contribution in [2.45, 2.75) is 25.4 Å². The second-order valence-corrected chi connectivity index (χ2v) is 6.96. The maximum Gasteiger partial charge on any atom is 0.224 e. The van der Waals surface area contributed by atoms with Gasteiger partial charge in [0.2, 0.25) is 5.95 Å². The molecule has 0 bridgehead atoms. The Hall–Kier alpha value is -1.92. The lowest BCUT2D eigenvalue weighted by Gasteiger charge is -2.33. The lowest BCUT2D eigenvalue weighted by Crippen LogP contribution is -2.42. The minimum absolute atomic E-state index is 0.233. The van der Waals surface area contributed by atoms with Gasteiger partial charge in [-0.1, -0.05) is 17.7 Å². The molecule has 0 aliphatic carbocycles. The Morgan fingerprint density at radius 2 is 2.20 bits per heavy atom. The predicted octanol–water partition coefficient (Wildman–Crippen LogP) is 3.41. The first kappa shape index (κ1) is 17.9. The molecule has 1 aliphatic heterocycles. The number of halogens is 2. The van der Waals surface area contributed by atoms with Crippen molar-refractivity contribution >= 4 is 23.4 Å². The van der Waals surface area contributed by atoms with E-state index in [1.54, 1.807) is 18.3 Å². The van der Waals surface area contributed by atoms with Crippen molar-refractivity contribution in [2.24, 2.45) is 0 Å². The second-order valence-electron chi connectivity index (χ2n) is 6.55. The van der Waals surface area contributed by atoms with E-state index < -0.39 is 0 Å². The zero-order chi connectivity index (χ0) is 17.8. The van der Waals surface area contributed by atoms with Crippen LogP contribution in [0.4, 0.5) is 16.2 Å². The average molecular weight is 364 g/mol. The summed E-state index contributed by atoms with van der Waals surface area (Å²) in [4.78, 5) is 13.0. The molecule has 134 valence electrons. The highest BCUT2D eigenvalue weighted by Crippen LogP contribution is 2.23. The van der Waals surface area contributed by atoms with Crippen LogP contribution in [0.1, 0.15) is 18.4 Å². The summed E-state index contributed by atoms with van der Waals surface area (Å²) in [6, 6.07) is 6.94. The Morgan fingerprint density at radius 3 is 2.96 bits per heavy atom. The van der Waals surface area contributed by atoms with Gasteiger partial charge in [-0.15, -0.1) is 0 Å². The molecule has 1 saturated heterocycles. The molecule has 2 aromatic rings. The van der Waals surface area contributed by atoms with Crippen molar-refractivity contribution in [2.75, 3.05) is 37.4 Å². The maximum absolute atomic E-state index is 14.0. The molecule has 0 saturated carbocycles. The first-order chi connectivity index (χ1) is 12.0. The molecule has 25 heavy (non-hydrogen) atoms. The summed E-state index contributed by atoms with van der Waals surface area (Å²) in [6.45, 7) is 2.25. The van der Waals surface area contributed by atoms with Gasteiger partial charge in [-0.05, 0) is 37.6 Å². The van der Waals surface area contributed by atoms with E-state index in [1.807, 2.05) is 25.1 Å². The van der Waals surface area contributed by atoms with E-state index in [-0.39, 0.29) is 11.9 Å². The highest BCUT2D eigenvalue weighted by Gasteiger charge is 2.22. The fourth-order valence-corrected chi connectivity index (χ4v) is 3.30. The number of benzene rings is 1. The smallest absolute Gasteiger partial charge is 0.224 e. The first-order valence-corrected chi connectivity index (χ1v) is 8.83. The fourth-order valence-electron chi connectivity index (χ4n) is 3.07. The fraction of sp³-hybridized carbons (Fsp3) is 0.444. The van der Waals surface area contributed by atoms with Crippen LogP contribution >= 0.6 is 11.6 Å². The van der Waals surface area contributed by atoms with Crippen LogP contribution in [-0.2, 0) is 6.54 Å². The zero-order valence-corrected chi connectivity index (χ0v) is 15.3. The van der Waals surface area contributed by atoms with Crippen molar-refractivity contribution in [1.82, 2.24) is 14.9 Å². The van der Waals surface area contributed by atoms with Gasteiger partial charge < -0.3 is 10.2 Å². The molecule has 1 N–H and O–H groups in total. The maximum atomic E-state index is 14.0. The third-order valence-electron chi connectivity index (χ3n) is 4.38. The van der Waals surface area contributed by atoms with Gasteiger partial charge in [0.25, 0.3) is 0 Å². The monoisotopic (exact) mass is 363 g/mol. The number of hydrogen-bond acceptors (Lipinski definition) is 5. The zero-order valence-electron chi connectivity index (χ0n) is 14.5. The lowest BCUT2D eigenvalue weighted by molar-refractivity contribution is 0.206. The van der Waals surface area contributed by atoms with E-state index in [2.05, 4.69) is 20.2 Å². The summed E-state index contributed by atoms with van der Waals surface area (Å²) in [5.41, 5.74) is 0.565. The van der Waals surface area contributed by atoms with Crippen LogP contribution in [0.2, 0.25) is 5.02 Å². The minimum atomic E-state index is -0.246. The Kier molecular flexibility index (Phi) is 5.71. The van der Waals surface area contributed by atoms with Crippen molar-refractivity contribution < 1.29 is 4.39 Å². The van der Waals surface area contributed by atoms with E-state index in [0.717, 1.165) is 31.7 Å². The third-order valence-corrected chi connectivity index (χ3v) is 4.74. The summed E-state index contributed by atoms with van der Waals surface area (Å²) < 4.78 is 14.0. The van der Waals surface area contributed by atoms with Crippen LogP contribution in [0.3, 0.4) is 0 Å². The van der Waals surface area contributed by atoms with Crippen LogP contribution in [0.25, 0.3) is 0 Å². The number of anilines is 2. The molecule has 1 aliphatic rings. The topological polar surface area (TPSA) is 44.3 Å². The average Bonchev–Trinajstić information content (AvgIpc) is 2.59. The van der Waals surface area contributed by atoms with Gasteiger partial charge >= 0.3 is 0 Å². The highest BCUT2D eigenvalue weighted by atomic mass is 35.5. The molecular weight excluding hydrogens is 341 g/mol. The van der Waals surface area contributed by atoms with E-state index in [4.69, 9.17) is 11.6 Å². The van der Waals surface area contributed by atoms with Crippen LogP contribution < -0.4 is 10.2 Å². The van der Waals surface area contributed by atoms with Crippen molar-refractivity contribution in [3.05, 3.63) is 46.9 Å². The summed E-state index contributed by atoms with van der Waals surface area (Å²) in [7, 11) is 3.90. The lowest BCUT2D eigenvalue weighted by atomic mass is 10.0. The molecule has 0 spiro atoms. The molecule has 7 heteroatoms. The van der Waals surface area contributed by atoms with Gasteiger partial charge in [0.05, 0.1) is 0 Å². The van der Waals surface area contributed by atoms with Crippen molar-refractivity contribution in [3.8, 4) is 0 Å². The molecular formula is C18H23ClFN5. The number of aromatic nitrogens is 2. The Morgan fingerprint density at radius 1 is 1.36 bits per heavy atom. The standard InChI is InChI=1S/C18H23ClFN5/c1-24(2)17-8-9-21-18(23-17)22-13-5-4-10-25(11-13)12-14-15(19)6-3-7-16(14)20/h3,6-9,13H,4-5,10-12H2,1-2H3,(H,21,22,23). The molecule has 1 unspecified atom stereocenters. The molecule has 0 radical (unpaired) electrons. The quantitative estimate of drug-likeness (QED) is 0.881. The molecule has 1 aromatic heterocycles. The third kappa shape index (κ3) is 4.58. The van der Waals surface area contributed by atoms with Crippen LogP contribution in [0, 0.1) is 5.82 Å². The van der Waals surface area contributed by atoms with Gasteiger partial charge in [0, 0.05) is 50.0 Å². The van der Waals surface area contributed by atoms with Gasteiger partial charge in [-0.25, -0.2) is 9.37 Å². The summed E-state index contributed by atoms with van der Waals surface area (Å²) >= 11 is 6.16.